The minimum absolute atomic E-state index is 0.356. The van der Waals surface area contributed by atoms with Gasteiger partial charge in [0.15, 0.2) is 12.2 Å². The highest BCUT2D eigenvalue weighted by molar-refractivity contribution is 5.81. The van der Waals surface area contributed by atoms with Crippen molar-refractivity contribution in [2.75, 3.05) is 0 Å². The van der Waals surface area contributed by atoms with Gasteiger partial charge < -0.3 is 20.4 Å². The second kappa shape index (κ2) is 7.72. The molecule has 0 fully saturated rings. The van der Waals surface area contributed by atoms with Crippen LogP contribution in [0.2, 0.25) is 0 Å². The summed E-state index contributed by atoms with van der Waals surface area (Å²) in [7, 11) is 0. The van der Waals surface area contributed by atoms with Gasteiger partial charge in [-0.05, 0) is 32.4 Å². The molecular weight excluding hydrogens is 284 g/mol. The van der Waals surface area contributed by atoms with E-state index in [1.54, 1.807) is 45.1 Å². The minimum Gasteiger partial charge on any atom is -0.445 e. The Balaban J connectivity index is 2.61. The summed E-state index contributed by atoms with van der Waals surface area (Å²) < 4.78 is 4.96. The van der Waals surface area contributed by atoms with E-state index in [0.29, 0.717) is 11.3 Å². The lowest BCUT2D eigenvalue weighted by Crippen LogP contribution is -2.42. The Morgan fingerprint density at radius 1 is 1.36 bits per heavy atom. The van der Waals surface area contributed by atoms with Crippen LogP contribution >= 0.6 is 0 Å². The molecule has 6 nitrogen and oxygen atoms in total. The molecule has 1 rings (SSSR count). The van der Waals surface area contributed by atoms with Gasteiger partial charge in [0, 0.05) is 0 Å². The predicted octanol–water partition coefficient (Wildman–Crippen LogP) is 1.64. The van der Waals surface area contributed by atoms with Crippen molar-refractivity contribution in [3.8, 4) is 0 Å². The molecule has 0 spiro atoms. The lowest BCUT2D eigenvalue weighted by Gasteiger charge is -2.27. The number of hydrogen-bond donors (Lipinski definition) is 3. The van der Waals surface area contributed by atoms with Crippen molar-refractivity contribution >= 4 is 5.91 Å². The van der Waals surface area contributed by atoms with E-state index in [0.717, 1.165) is 0 Å². The number of carbonyl (C=O) groups is 1. The summed E-state index contributed by atoms with van der Waals surface area (Å²) in [6.07, 6.45) is 9.09. The fourth-order valence-electron chi connectivity index (χ4n) is 1.70. The molecule has 0 aliphatic heterocycles. The van der Waals surface area contributed by atoms with E-state index in [2.05, 4.69) is 4.98 Å². The molecule has 120 valence electrons. The van der Waals surface area contributed by atoms with E-state index in [1.165, 1.54) is 18.7 Å². The number of aliphatic hydroxyl groups is 2. The number of oxazole rings is 1. The van der Waals surface area contributed by atoms with Crippen molar-refractivity contribution in [2.24, 2.45) is 11.1 Å². The summed E-state index contributed by atoms with van der Waals surface area (Å²) in [5, 5.41) is 19.8. The Labute approximate surface area is 129 Å². The first-order valence-corrected chi connectivity index (χ1v) is 6.83. The molecule has 1 aromatic rings. The number of nitrogens with zero attached hydrogens (tertiary/aromatic N) is 1. The zero-order chi connectivity index (χ0) is 16.8. The van der Waals surface area contributed by atoms with Gasteiger partial charge in [-0.15, -0.1) is 0 Å². The van der Waals surface area contributed by atoms with Gasteiger partial charge in [-0.3, -0.25) is 4.79 Å². The Bertz CT molecular complexity index is 571. The van der Waals surface area contributed by atoms with Crippen LogP contribution in [0.5, 0.6) is 0 Å². The number of nitrogens with two attached hydrogens (primary N) is 1. The number of carbonyl (C=O) groups excluding carboxylic acids is 1. The summed E-state index contributed by atoms with van der Waals surface area (Å²) in [6, 6.07) is 0. The number of aliphatic hydroxyl groups excluding tert-OH is 2. The van der Waals surface area contributed by atoms with Crippen molar-refractivity contribution in [1.82, 2.24) is 4.98 Å². The highest BCUT2D eigenvalue weighted by Crippen LogP contribution is 2.25. The maximum Gasteiger partial charge on any atom is 0.226 e. The molecule has 0 aromatic carbocycles. The first-order chi connectivity index (χ1) is 10.3. The van der Waals surface area contributed by atoms with Gasteiger partial charge >= 0.3 is 0 Å². The second-order valence-electron chi connectivity index (χ2n) is 5.52. The second-order valence-corrected chi connectivity index (χ2v) is 5.52. The molecule has 2 atom stereocenters. The summed E-state index contributed by atoms with van der Waals surface area (Å²) in [4.78, 5) is 15.0. The Kier molecular flexibility index (Phi) is 6.27. The van der Waals surface area contributed by atoms with Crippen LogP contribution in [0.15, 0.2) is 53.0 Å². The van der Waals surface area contributed by atoms with Crippen LogP contribution in [0.1, 0.15) is 32.6 Å². The maximum atomic E-state index is 11.3. The number of rotatable bonds is 7. The van der Waals surface area contributed by atoms with Gasteiger partial charge in [0.1, 0.15) is 6.10 Å². The average Bonchev–Trinajstić information content (AvgIpc) is 2.99. The molecule has 1 aromatic heterocycles. The molecular formula is C16H22N2O4. The molecule has 6 heteroatoms. The predicted molar refractivity (Wildman–Crippen MR) is 82.5 cm³/mol. The normalized spacial score (nSPS) is 16.3. The van der Waals surface area contributed by atoms with Gasteiger partial charge in [0.25, 0.3) is 0 Å². The van der Waals surface area contributed by atoms with Gasteiger partial charge in [-0.2, -0.15) is 0 Å². The quantitative estimate of drug-likeness (QED) is 0.663. The largest absolute Gasteiger partial charge is 0.445 e. The number of hydrogen-bond acceptors (Lipinski definition) is 5. The third-order valence-electron chi connectivity index (χ3n) is 3.37. The van der Waals surface area contributed by atoms with Crippen molar-refractivity contribution in [2.45, 2.75) is 33.0 Å². The highest BCUT2D eigenvalue weighted by atomic mass is 16.4. The summed E-state index contributed by atoms with van der Waals surface area (Å²) in [5.74, 6) is -0.207. The minimum atomic E-state index is -1.03. The molecule has 2 unspecified atom stereocenters. The van der Waals surface area contributed by atoms with Crippen LogP contribution < -0.4 is 5.73 Å². The molecule has 0 aliphatic carbocycles. The van der Waals surface area contributed by atoms with Crippen molar-refractivity contribution in [3.63, 3.8) is 0 Å². The van der Waals surface area contributed by atoms with Crippen LogP contribution in [0.4, 0.5) is 0 Å². The molecule has 0 aliphatic rings. The molecule has 1 heterocycles. The number of allylic oxidation sites excluding steroid dienone is 4. The summed E-state index contributed by atoms with van der Waals surface area (Å²) >= 11 is 0. The van der Waals surface area contributed by atoms with Crippen LogP contribution in [-0.4, -0.2) is 27.2 Å². The van der Waals surface area contributed by atoms with Crippen molar-refractivity contribution in [3.05, 3.63) is 54.3 Å². The van der Waals surface area contributed by atoms with E-state index >= 15 is 0 Å². The highest BCUT2D eigenvalue weighted by Gasteiger charge is 2.34. The SMILES string of the molecule is C/C(=C/C=C/C=C/C(O)c1cnco1)C(O)C(C)(C)C(N)=O. The first kappa shape index (κ1) is 17.9. The number of primary amides is 1. The van der Waals surface area contributed by atoms with Gasteiger partial charge in [0.05, 0.1) is 17.7 Å². The van der Waals surface area contributed by atoms with Crippen molar-refractivity contribution in [1.29, 1.82) is 0 Å². The van der Waals surface area contributed by atoms with Gasteiger partial charge in [-0.25, -0.2) is 4.98 Å². The van der Waals surface area contributed by atoms with E-state index in [4.69, 9.17) is 10.2 Å². The maximum absolute atomic E-state index is 11.3. The Hall–Kier alpha value is -2.18. The number of aromatic nitrogens is 1. The van der Waals surface area contributed by atoms with Crippen LogP contribution in [-0.2, 0) is 4.79 Å². The van der Waals surface area contributed by atoms with Crippen LogP contribution in [0.25, 0.3) is 0 Å². The third kappa shape index (κ3) is 4.68. The zero-order valence-electron chi connectivity index (χ0n) is 12.9. The lowest BCUT2D eigenvalue weighted by molar-refractivity contribution is -0.130. The van der Waals surface area contributed by atoms with Crippen LogP contribution in [0, 0.1) is 5.41 Å². The van der Waals surface area contributed by atoms with Crippen LogP contribution in [0.3, 0.4) is 0 Å². The zero-order valence-corrected chi connectivity index (χ0v) is 12.9. The lowest BCUT2D eigenvalue weighted by atomic mass is 9.82. The van der Waals surface area contributed by atoms with E-state index in [9.17, 15) is 15.0 Å². The van der Waals surface area contributed by atoms with E-state index in [1.807, 2.05) is 0 Å². The standard InChI is InChI=1S/C16H22N2O4/c1-11(14(20)16(2,3)15(17)21)7-5-4-6-8-12(19)13-9-18-10-22-13/h4-10,12,14,19-20H,1-3H3,(H2,17,21)/b5-4+,8-6+,11-7-. The molecule has 4 N–H and O–H groups in total. The van der Waals surface area contributed by atoms with Gasteiger partial charge in [-0.1, -0.05) is 24.3 Å². The number of amides is 1. The Morgan fingerprint density at radius 2 is 2.05 bits per heavy atom. The van der Waals surface area contributed by atoms with Crippen molar-refractivity contribution < 1.29 is 19.4 Å². The smallest absolute Gasteiger partial charge is 0.226 e. The monoisotopic (exact) mass is 306 g/mol. The topological polar surface area (TPSA) is 110 Å². The van der Waals surface area contributed by atoms with E-state index < -0.39 is 23.5 Å². The molecule has 0 saturated heterocycles. The summed E-state index contributed by atoms with van der Waals surface area (Å²) in [6.45, 7) is 4.90. The fraction of sp³-hybridized carbons (Fsp3) is 0.375. The Morgan fingerprint density at radius 3 is 2.59 bits per heavy atom. The fourth-order valence-corrected chi connectivity index (χ4v) is 1.70. The molecule has 0 bridgehead atoms. The first-order valence-electron chi connectivity index (χ1n) is 6.83. The molecule has 0 saturated carbocycles. The molecule has 0 radical (unpaired) electrons. The van der Waals surface area contributed by atoms with E-state index in [-0.39, 0.29) is 0 Å². The third-order valence-corrected chi connectivity index (χ3v) is 3.37. The molecule has 22 heavy (non-hydrogen) atoms. The summed E-state index contributed by atoms with van der Waals surface area (Å²) in [5.41, 5.74) is 4.85. The molecule has 1 amide bonds. The average molecular weight is 306 g/mol. The van der Waals surface area contributed by atoms with Gasteiger partial charge in [0.2, 0.25) is 5.91 Å².